The summed E-state index contributed by atoms with van der Waals surface area (Å²) in [5.74, 6) is -0.535. The number of nitrogens with one attached hydrogen (secondary N) is 1. The fraction of sp³-hybridized carbons (Fsp3) is 0.833. The topological polar surface area (TPSA) is 83.5 Å². The van der Waals surface area contributed by atoms with Crippen LogP contribution in [-0.2, 0) is 14.9 Å². The van der Waals surface area contributed by atoms with Crippen LogP contribution in [0, 0.1) is 0 Å². The largest absolute Gasteiger partial charge is 0.354 e. The molecule has 0 aromatic heterocycles. The van der Waals surface area contributed by atoms with Crippen molar-refractivity contribution in [3.8, 4) is 0 Å². The van der Waals surface area contributed by atoms with Gasteiger partial charge in [0.15, 0.2) is 0 Å². The normalized spacial score (nSPS) is 13.9. The van der Waals surface area contributed by atoms with Crippen LogP contribution in [0.2, 0.25) is 0 Å². The fourth-order valence-corrected chi connectivity index (χ4v) is 1.40. The zero-order valence-electron chi connectivity index (χ0n) is 7.07. The van der Waals surface area contributed by atoms with Gasteiger partial charge in [-0.2, -0.15) is 8.42 Å². The molecule has 0 aliphatic rings. The molecule has 1 atom stereocenters. The quantitative estimate of drug-likeness (QED) is 0.608. The molecule has 0 aliphatic heterocycles. The first-order valence-electron chi connectivity index (χ1n) is 3.53. The fourth-order valence-electron chi connectivity index (χ4n) is 0.745. The van der Waals surface area contributed by atoms with Crippen molar-refractivity contribution in [1.82, 2.24) is 5.32 Å². The highest BCUT2D eigenvalue weighted by atomic mass is 32.2. The summed E-state index contributed by atoms with van der Waals surface area (Å²) in [5.41, 5.74) is 0. The summed E-state index contributed by atoms with van der Waals surface area (Å²) in [7, 11) is -3.91. The van der Waals surface area contributed by atoms with Gasteiger partial charge in [0.25, 0.3) is 10.1 Å². The SMILES string of the molecule is CC(=O)NC(C)CCS(=O)(=O)O. The second-order valence-electron chi connectivity index (χ2n) is 2.68. The maximum absolute atomic E-state index is 10.5. The first-order chi connectivity index (χ1) is 5.31. The lowest BCUT2D eigenvalue weighted by Gasteiger charge is -2.10. The third-order valence-corrected chi connectivity index (χ3v) is 2.01. The molecule has 2 N–H and O–H groups in total. The van der Waals surface area contributed by atoms with Crippen LogP contribution in [0.3, 0.4) is 0 Å². The molecule has 0 spiro atoms. The molecule has 72 valence electrons. The lowest BCUT2D eigenvalue weighted by Crippen LogP contribution is -2.31. The summed E-state index contributed by atoms with van der Waals surface area (Å²) in [6.07, 6.45) is 0.221. The van der Waals surface area contributed by atoms with E-state index in [4.69, 9.17) is 4.55 Å². The zero-order valence-corrected chi connectivity index (χ0v) is 7.89. The van der Waals surface area contributed by atoms with Crippen molar-refractivity contribution in [2.75, 3.05) is 5.75 Å². The minimum Gasteiger partial charge on any atom is -0.354 e. The predicted octanol–water partition coefficient (Wildman–Crippen LogP) is -0.211. The van der Waals surface area contributed by atoms with Gasteiger partial charge in [-0.1, -0.05) is 0 Å². The number of carbonyl (C=O) groups is 1. The minimum atomic E-state index is -3.91. The van der Waals surface area contributed by atoms with Crippen LogP contribution < -0.4 is 5.32 Å². The Hall–Kier alpha value is -0.620. The highest BCUT2D eigenvalue weighted by Crippen LogP contribution is 1.94. The van der Waals surface area contributed by atoms with Gasteiger partial charge in [0, 0.05) is 13.0 Å². The van der Waals surface area contributed by atoms with Crippen molar-refractivity contribution in [2.45, 2.75) is 26.3 Å². The molecule has 1 unspecified atom stereocenters. The summed E-state index contributed by atoms with van der Waals surface area (Å²) in [6, 6.07) is -0.232. The van der Waals surface area contributed by atoms with Gasteiger partial charge in [0.1, 0.15) is 0 Å². The van der Waals surface area contributed by atoms with E-state index in [9.17, 15) is 13.2 Å². The molecule has 0 saturated carbocycles. The molecular formula is C6H13NO4S. The van der Waals surface area contributed by atoms with E-state index in [1.807, 2.05) is 0 Å². The van der Waals surface area contributed by atoms with Crippen molar-refractivity contribution in [3.05, 3.63) is 0 Å². The van der Waals surface area contributed by atoms with E-state index in [1.165, 1.54) is 6.92 Å². The molecule has 0 fully saturated rings. The second-order valence-corrected chi connectivity index (χ2v) is 4.25. The van der Waals surface area contributed by atoms with Crippen molar-refractivity contribution < 1.29 is 17.8 Å². The van der Waals surface area contributed by atoms with Crippen LogP contribution in [0.25, 0.3) is 0 Å². The van der Waals surface area contributed by atoms with Crippen molar-refractivity contribution in [1.29, 1.82) is 0 Å². The molecular weight excluding hydrogens is 182 g/mol. The summed E-state index contributed by atoms with van der Waals surface area (Å²) >= 11 is 0. The van der Waals surface area contributed by atoms with Gasteiger partial charge in [-0.3, -0.25) is 9.35 Å². The van der Waals surface area contributed by atoms with Crippen LogP contribution in [-0.4, -0.2) is 30.7 Å². The molecule has 0 radical (unpaired) electrons. The second kappa shape index (κ2) is 4.42. The molecule has 0 bridgehead atoms. The van der Waals surface area contributed by atoms with Gasteiger partial charge < -0.3 is 5.32 Å². The molecule has 0 heterocycles. The first kappa shape index (κ1) is 11.4. The highest BCUT2D eigenvalue weighted by Gasteiger charge is 2.09. The average Bonchev–Trinajstić information content (AvgIpc) is 1.80. The zero-order chi connectivity index (χ0) is 9.78. The maximum atomic E-state index is 10.5. The third-order valence-electron chi connectivity index (χ3n) is 1.26. The summed E-state index contributed by atoms with van der Waals surface area (Å²) in [6.45, 7) is 3.02. The monoisotopic (exact) mass is 195 g/mol. The van der Waals surface area contributed by atoms with E-state index in [0.717, 1.165) is 0 Å². The Balaban J connectivity index is 3.72. The molecule has 6 heteroatoms. The number of hydrogen-bond acceptors (Lipinski definition) is 3. The Kier molecular flexibility index (Phi) is 4.19. The van der Waals surface area contributed by atoms with Crippen LogP contribution in [0.1, 0.15) is 20.3 Å². The number of amides is 1. The number of hydrogen-bond donors (Lipinski definition) is 2. The van der Waals surface area contributed by atoms with Crippen molar-refractivity contribution in [2.24, 2.45) is 0 Å². The third kappa shape index (κ3) is 7.49. The Bertz CT molecular complexity index is 246. The summed E-state index contributed by atoms with van der Waals surface area (Å²) in [5, 5.41) is 2.50. The van der Waals surface area contributed by atoms with E-state index in [-0.39, 0.29) is 24.1 Å². The van der Waals surface area contributed by atoms with Gasteiger partial charge in [-0.15, -0.1) is 0 Å². The number of rotatable bonds is 4. The van der Waals surface area contributed by atoms with Crippen LogP contribution >= 0.6 is 0 Å². The molecule has 1 amide bonds. The highest BCUT2D eigenvalue weighted by molar-refractivity contribution is 7.85. The minimum absolute atomic E-state index is 0.210. The molecule has 0 aromatic carbocycles. The molecule has 12 heavy (non-hydrogen) atoms. The standard InChI is InChI=1S/C6H13NO4S/c1-5(7-6(2)8)3-4-12(9,10)11/h5H,3-4H2,1-2H3,(H,7,8)(H,9,10,11). The van der Waals surface area contributed by atoms with Crippen LogP contribution in [0.15, 0.2) is 0 Å². The average molecular weight is 195 g/mol. The molecule has 0 rings (SSSR count). The lowest BCUT2D eigenvalue weighted by molar-refractivity contribution is -0.119. The summed E-state index contributed by atoms with van der Waals surface area (Å²) < 4.78 is 28.9. The predicted molar refractivity (Wildman–Crippen MR) is 44.3 cm³/mol. The van der Waals surface area contributed by atoms with E-state index < -0.39 is 10.1 Å². The number of carbonyl (C=O) groups excluding carboxylic acids is 1. The van der Waals surface area contributed by atoms with Crippen LogP contribution in [0.5, 0.6) is 0 Å². The molecule has 5 nitrogen and oxygen atoms in total. The van der Waals surface area contributed by atoms with Gasteiger partial charge >= 0.3 is 0 Å². The molecule has 0 aromatic rings. The Labute approximate surface area is 71.9 Å². The van der Waals surface area contributed by atoms with Gasteiger partial charge in [0.2, 0.25) is 5.91 Å². The molecule has 0 saturated heterocycles. The first-order valence-corrected chi connectivity index (χ1v) is 5.14. The van der Waals surface area contributed by atoms with Gasteiger partial charge in [-0.05, 0) is 13.3 Å². The smallest absolute Gasteiger partial charge is 0.264 e. The lowest BCUT2D eigenvalue weighted by atomic mass is 10.2. The Morgan fingerprint density at radius 3 is 2.42 bits per heavy atom. The van der Waals surface area contributed by atoms with Crippen LogP contribution in [0.4, 0.5) is 0 Å². The van der Waals surface area contributed by atoms with Crippen molar-refractivity contribution >= 4 is 16.0 Å². The summed E-state index contributed by atoms with van der Waals surface area (Å²) in [4.78, 5) is 10.5. The van der Waals surface area contributed by atoms with E-state index >= 15 is 0 Å². The van der Waals surface area contributed by atoms with E-state index in [2.05, 4.69) is 5.32 Å². The Morgan fingerprint density at radius 1 is 1.58 bits per heavy atom. The molecule has 0 aliphatic carbocycles. The van der Waals surface area contributed by atoms with E-state index in [0.29, 0.717) is 0 Å². The van der Waals surface area contributed by atoms with Crippen molar-refractivity contribution in [3.63, 3.8) is 0 Å². The Morgan fingerprint density at radius 2 is 2.08 bits per heavy atom. The van der Waals surface area contributed by atoms with Gasteiger partial charge in [-0.25, -0.2) is 0 Å². The maximum Gasteiger partial charge on any atom is 0.264 e. The van der Waals surface area contributed by atoms with Gasteiger partial charge in [0.05, 0.1) is 5.75 Å². The van der Waals surface area contributed by atoms with E-state index in [1.54, 1.807) is 6.92 Å².